The molecule has 5 nitrogen and oxygen atoms in total. The van der Waals surface area contributed by atoms with E-state index in [2.05, 4.69) is 0 Å². The molecule has 128 valence electrons. The van der Waals surface area contributed by atoms with Gasteiger partial charge in [0.25, 0.3) is 10.1 Å². The Balaban J connectivity index is 0.000000336. The summed E-state index contributed by atoms with van der Waals surface area (Å²) in [6.07, 6.45) is 0. The van der Waals surface area contributed by atoms with Crippen LogP contribution in [0.5, 0.6) is 5.75 Å². The van der Waals surface area contributed by atoms with E-state index in [-0.39, 0.29) is 10.4 Å². The first-order valence-corrected chi connectivity index (χ1v) is 8.21. The van der Waals surface area contributed by atoms with Gasteiger partial charge in [-0.25, -0.2) is 0 Å². The average Bonchev–Trinajstić information content (AvgIpc) is 2.58. The molecular formula is C18H19O5S-. The zero-order chi connectivity index (χ0) is 17.0. The third-order valence-corrected chi connectivity index (χ3v) is 3.33. The molecule has 3 aromatic carbocycles. The predicted molar refractivity (Wildman–Crippen MR) is 92.7 cm³/mol. The van der Waals surface area contributed by atoms with Crippen LogP contribution in [0.4, 0.5) is 0 Å². The Morgan fingerprint density at radius 1 is 0.583 bits per heavy atom. The summed E-state index contributed by atoms with van der Waals surface area (Å²) >= 11 is 0. The van der Waals surface area contributed by atoms with Crippen molar-refractivity contribution in [2.75, 3.05) is 0 Å². The van der Waals surface area contributed by atoms with Crippen LogP contribution in [0, 0.1) is 0 Å². The van der Waals surface area contributed by atoms with E-state index in [9.17, 15) is 8.42 Å². The number of para-hydroxylation sites is 1. The molecule has 0 radical (unpaired) electrons. The summed E-state index contributed by atoms with van der Waals surface area (Å²) in [7, 11) is -4.00. The highest BCUT2D eigenvalue weighted by molar-refractivity contribution is 7.85. The van der Waals surface area contributed by atoms with E-state index in [1.165, 1.54) is 12.1 Å². The summed E-state index contributed by atoms with van der Waals surface area (Å²) < 4.78 is 29.2. The van der Waals surface area contributed by atoms with Gasteiger partial charge in [0.15, 0.2) is 0 Å². The van der Waals surface area contributed by atoms with Crippen molar-refractivity contribution in [2.45, 2.75) is 4.90 Å². The standard InChI is InChI=1S/C6H6O3S.C6H6O.C6H6.H2O/c7-10(8,9)6-4-2-1-3-5-6;7-6-4-2-1-3-5-6;1-2-4-6-5-3-1;/h1-5H,(H,7,8,9);1-5,7H;1-6H;1H2/p-1. The first-order valence-electron chi connectivity index (χ1n) is 6.77. The summed E-state index contributed by atoms with van der Waals surface area (Å²) in [6.45, 7) is 0. The Hall–Kier alpha value is -2.67. The second kappa shape index (κ2) is 11.8. The first-order chi connectivity index (χ1) is 11.0. The zero-order valence-electron chi connectivity index (χ0n) is 12.8. The van der Waals surface area contributed by atoms with E-state index in [4.69, 9.17) is 9.66 Å². The highest BCUT2D eigenvalue weighted by atomic mass is 32.2. The van der Waals surface area contributed by atoms with Crippen molar-refractivity contribution < 1.29 is 23.6 Å². The quantitative estimate of drug-likeness (QED) is 0.651. The van der Waals surface area contributed by atoms with Crippen LogP contribution >= 0.6 is 0 Å². The summed E-state index contributed by atoms with van der Waals surface area (Å²) in [5.74, 6) is 0.322. The highest BCUT2D eigenvalue weighted by Crippen LogP contribution is 2.05. The SMILES string of the molecule is O=S(=O)(O)c1ccccc1.Oc1ccccc1.[OH-].c1ccccc1. The fourth-order valence-electron chi connectivity index (χ4n) is 1.41. The number of aromatic hydroxyl groups is 1. The fourth-order valence-corrected chi connectivity index (χ4v) is 1.91. The van der Waals surface area contributed by atoms with Crippen LogP contribution in [0.3, 0.4) is 0 Å². The highest BCUT2D eigenvalue weighted by Gasteiger charge is 2.05. The Labute approximate surface area is 141 Å². The van der Waals surface area contributed by atoms with Crippen LogP contribution in [0.25, 0.3) is 0 Å². The predicted octanol–water partition coefficient (Wildman–Crippen LogP) is 3.84. The molecule has 0 heterocycles. The van der Waals surface area contributed by atoms with E-state index in [1.54, 1.807) is 42.5 Å². The summed E-state index contributed by atoms with van der Waals surface area (Å²) in [4.78, 5) is -0.0741. The van der Waals surface area contributed by atoms with Gasteiger partial charge in [-0.15, -0.1) is 0 Å². The lowest BCUT2D eigenvalue weighted by Crippen LogP contribution is -1.96. The third kappa shape index (κ3) is 10.1. The number of benzene rings is 3. The van der Waals surface area contributed by atoms with Crippen molar-refractivity contribution in [3.05, 3.63) is 97.1 Å². The topological polar surface area (TPSA) is 105 Å². The Kier molecular flexibility index (Phi) is 10.5. The minimum atomic E-state index is -4.00. The van der Waals surface area contributed by atoms with Gasteiger partial charge in [-0.2, -0.15) is 8.42 Å². The summed E-state index contributed by atoms with van der Waals surface area (Å²) in [6, 6.07) is 28.1. The van der Waals surface area contributed by atoms with E-state index in [0.29, 0.717) is 5.75 Å². The van der Waals surface area contributed by atoms with Crippen LogP contribution in [-0.4, -0.2) is 23.6 Å². The van der Waals surface area contributed by atoms with E-state index >= 15 is 0 Å². The molecule has 0 aliphatic rings. The van der Waals surface area contributed by atoms with Gasteiger partial charge >= 0.3 is 0 Å². The molecule has 0 bridgehead atoms. The number of hydrogen-bond donors (Lipinski definition) is 2. The number of rotatable bonds is 1. The second-order valence-corrected chi connectivity index (χ2v) is 5.70. The maximum absolute atomic E-state index is 10.4. The second-order valence-electron chi connectivity index (χ2n) is 4.28. The van der Waals surface area contributed by atoms with Crippen LogP contribution < -0.4 is 0 Å². The molecule has 0 atom stereocenters. The third-order valence-electron chi connectivity index (χ3n) is 2.46. The van der Waals surface area contributed by atoms with Gasteiger partial charge in [0.1, 0.15) is 5.75 Å². The molecule has 3 aromatic rings. The van der Waals surface area contributed by atoms with Crippen molar-refractivity contribution in [1.29, 1.82) is 0 Å². The molecule has 0 fully saturated rings. The van der Waals surface area contributed by atoms with Gasteiger partial charge in [0.2, 0.25) is 0 Å². The van der Waals surface area contributed by atoms with Crippen molar-refractivity contribution >= 4 is 10.1 Å². The van der Waals surface area contributed by atoms with Crippen molar-refractivity contribution in [3.8, 4) is 5.75 Å². The van der Waals surface area contributed by atoms with Crippen LogP contribution in [-0.2, 0) is 10.1 Å². The molecule has 6 heteroatoms. The van der Waals surface area contributed by atoms with Crippen molar-refractivity contribution in [1.82, 2.24) is 0 Å². The van der Waals surface area contributed by atoms with Crippen LogP contribution in [0.15, 0.2) is 102 Å². The number of hydrogen-bond acceptors (Lipinski definition) is 4. The number of phenolic OH excluding ortho intramolecular Hbond substituents is 1. The molecule has 0 aliphatic carbocycles. The molecule has 0 saturated carbocycles. The van der Waals surface area contributed by atoms with Crippen LogP contribution in [0.1, 0.15) is 0 Å². The molecule has 3 rings (SSSR count). The molecule has 0 saturated heterocycles. The molecule has 3 N–H and O–H groups in total. The first kappa shape index (κ1) is 21.3. The minimum Gasteiger partial charge on any atom is -0.870 e. The van der Waals surface area contributed by atoms with Gasteiger partial charge in [0, 0.05) is 0 Å². The van der Waals surface area contributed by atoms with Gasteiger partial charge < -0.3 is 10.6 Å². The Morgan fingerprint density at radius 3 is 1.08 bits per heavy atom. The van der Waals surface area contributed by atoms with E-state index in [0.717, 1.165) is 0 Å². The lowest BCUT2D eigenvalue weighted by molar-refractivity contribution is 0.475. The maximum atomic E-state index is 10.4. The lowest BCUT2D eigenvalue weighted by Gasteiger charge is -1.92. The van der Waals surface area contributed by atoms with Gasteiger partial charge in [0.05, 0.1) is 4.90 Å². The van der Waals surface area contributed by atoms with Crippen molar-refractivity contribution in [3.63, 3.8) is 0 Å². The van der Waals surface area contributed by atoms with Crippen LogP contribution in [0.2, 0.25) is 0 Å². The lowest BCUT2D eigenvalue weighted by atomic mass is 10.3. The van der Waals surface area contributed by atoms with E-state index in [1.807, 2.05) is 42.5 Å². The smallest absolute Gasteiger partial charge is 0.294 e. The Bertz CT molecular complexity index is 718. The molecule has 0 unspecified atom stereocenters. The maximum Gasteiger partial charge on any atom is 0.294 e. The van der Waals surface area contributed by atoms with Crippen molar-refractivity contribution in [2.24, 2.45) is 0 Å². The Morgan fingerprint density at radius 2 is 0.875 bits per heavy atom. The summed E-state index contributed by atoms with van der Waals surface area (Å²) in [5.41, 5.74) is 0. The average molecular weight is 347 g/mol. The van der Waals surface area contributed by atoms with E-state index < -0.39 is 10.1 Å². The summed E-state index contributed by atoms with van der Waals surface area (Å²) in [5, 5.41) is 8.63. The zero-order valence-corrected chi connectivity index (χ0v) is 13.6. The number of phenols is 1. The molecule has 0 amide bonds. The van der Waals surface area contributed by atoms with Gasteiger partial charge in [-0.3, -0.25) is 4.55 Å². The normalized spacial score (nSPS) is 9.21. The minimum absolute atomic E-state index is 0. The monoisotopic (exact) mass is 347 g/mol. The molecular weight excluding hydrogens is 328 g/mol. The largest absolute Gasteiger partial charge is 0.870 e. The fraction of sp³-hybridized carbons (Fsp3) is 0. The van der Waals surface area contributed by atoms with Gasteiger partial charge in [-0.05, 0) is 24.3 Å². The molecule has 0 spiro atoms. The van der Waals surface area contributed by atoms with Gasteiger partial charge in [-0.1, -0.05) is 72.8 Å². The molecule has 24 heavy (non-hydrogen) atoms. The molecule has 0 aromatic heterocycles. The molecule has 0 aliphatic heterocycles.